The molecule has 0 radical (unpaired) electrons. The van der Waals surface area contributed by atoms with Gasteiger partial charge in [-0.15, -0.1) is 11.3 Å². The van der Waals surface area contributed by atoms with E-state index >= 15 is 0 Å². The van der Waals surface area contributed by atoms with Crippen molar-refractivity contribution in [3.05, 3.63) is 80.7 Å². The number of hydrogen-bond donors (Lipinski definition) is 1. The third-order valence-electron chi connectivity index (χ3n) is 5.93. The van der Waals surface area contributed by atoms with Gasteiger partial charge in [-0.1, -0.05) is 11.8 Å². The van der Waals surface area contributed by atoms with Crippen molar-refractivity contribution in [2.45, 2.75) is 31.6 Å². The number of aryl methyl sites for hydroxylation is 2. The molecule has 1 N–H and O–H groups in total. The van der Waals surface area contributed by atoms with E-state index in [4.69, 9.17) is 4.42 Å². The minimum absolute atomic E-state index is 0.0270. The standard InChI is InChI=1S/C25H18F2N4O4S2/c26-24(27)35-14-8-6-13(7-9-14)31-23(33)17(11-15-3-2-10-34-15)28-25(31)36-12-19-29-21(32)20-16-4-1-5-18(16)37-22(20)30-19/h2-3,6-11,24H,1,4-5,12H2,(H,29,30,32)/b17-11-. The summed E-state index contributed by atoms with van der Waals surface area (Å²) in [5.41, 5.74) is 1.52. The molecule has 188 valence electrons. The van der Waals surface area contributed by atoms with E-state index in [1.165, 1.54) is 58.1 Å². The third kappa shape index (κ3) is 4.58. The fourth-order valence-corrected chi connectivity index (χ4v) is 6.52. The number of rotatable bonds is 6. The molecule has 0 saturated carbocycles. The van der Waals surface area contributed by atoms with Gasteiger partial charge >= 0.3 is 6.61 Å². The Morgan fingerprint density at radius 3 is 2.81 bits per heavy atom. The van der Waals surface area contributed by atoms with Crippen molar-refractivity contribution in [1.29, 1.82) is 0 Å². The van der Waals surface area contributed by atoms with Crippen LogP contribution in [0.5, 0.6) is 5.75 Å². The van der Waals surface area contributed by atoms with Gasteiger partial charge in [0, 0.05) is 11.0 Å². The molecule has 37 heavy (non-hydrogen) atoms. The molecular formula is C25H18F2N4O4S2. The Morgan fingerprint density at radius 1 is 1.22 bits per heavy atom. The number of carbonyl (C=O) groups excluding carboxylic acids is 1. The van der Waals surface area contributed by atoms with Gasteiger partial charge in [-0.25, -0.2) is 9.98 Å². The van der Waals surface area contributed by atoms with E-state index in [9.17, 15) is 18.4 Å². The average molecular weight is 541 g/mol. The Kier molecular flexibility index (Phi) is 6.13. The lowest BCUT2D eigenvalue weighted by molar-refractivity contribution is -0.113. The first kappa shape index (κ1) is 23.6. The van der Waals surface area contributed by atoms with Gasteiger partial charge in [-0.3, -0.25) is 14.5 Å². The van der Waals surface area contributed by atoms with Crippen molar-refractivity contribution in [3.8, 4) is 5.75 Å². The fraction of sp³-hybridized carbons (Fsp3) is 0.200. The predicted molar refractivity (Wildman–Crippen MR) is 138 cm³/mol. The van der Waals surface area contributed by atoms with Crippen molar-refractivity contribution in [3.63, 3.8) is 0 Å². The Morgan fingerprint density at radius 2 is 2.05 bits per heavy atom. The zero-order valence-corrected chi connectivity index (χ0v) is 20.7. The number of H-pyrrole nitrogens is 1. The Balaban J connectivity index is 1.30. The number of halogens is 2. The summed E-state index contributed by atoms with van der Waals surface area (Å²) in [5, 5.41) is 1.03. The number of aliphatic imine (C=N–C) groups is 1. The summed E-state index contributed by atoms with van der Waals surface area (Å²) >= 11 is 2.79. The molecule has 2 aliphatic rings. The van der Waals surface area contributed by atoms with Gasteiger partial charge in [-0.2, -0.15) is 8.78 Å². The molecule has 3 aromatic heterocycles. The number of thioether (sulfide) groups is 1. The number of amides is 1. The van der Waals surface area contributed by atoms with E-state index in [1.54, 1.807) is 23.5 Å². The molecule has 1 aliphatic heterocycles. The van der Waals surface area contributed by atoms with Crippen molar-refractivity contribution in [2.75, 3.05) is 4.90 Å². The van der Waals surface area contributed by atoms with Gasteiger partial charge in [0.1, 0.15) is 27.9 Å². The molecule has 0 atom stereocenters. The van der Waals surface area contributed by atoms with Crippen molar-refractivity contribution in [1.82, 2.24) is 9.97 Å². The topological polar surface area (TPSA) is 101 Å². The molecule has 4 aromatic rings. The number of alkyl halides is 2. The normalized spacial score (nSPS) is 16.3. The van der Waals surface area contributed by atoms with Gasteiger partial charge in [-0.05, 0) is 61.2 Å². The molecule has 0 spiro atoms. The number of benzene rings is 1. The maximum atomic E-state index is 13.3. The van der Waals surface area contributed by atoms with Crippen LogP contribution in [0.15, 0.2) is 62.6 Å². The molecule has 0 saturated heterocycles. The lowest BCUT2D eigenvalue weighted by Crippen LogP contribution is -2.30. The molecule has 4 heterocycles. The van der Waals surface area contributed by atoms with Crippen molar-refractivity contribution in [2.24, 2.45) is 4.99 Å². The van der Waals surface area contributed by atoms with Crippen LogP contribution < -0.4 is 15.2 Å². The number of nitrogens with zero attached hydrogens (tertiary/aromatic N) is 3. The minimum atomic E-state index is -2.95. The molecule has 0 unspecified atom stereocenters. The number of amidine groups is 1. The second-order valence-electron chi connectivity index (χ2n) is 8.29. The predicted octanol–water partition coefficient (Wildman–Crippen LogP) is 5.34. The lowest BCUT2D eigenvalue weighted by atomic mass is 10.2. The smallest absolute Gasteiger partial charge is 0.387 e. The average Bonchev–Trinajstić information content (AvgIpc) is 3.64. The summed E-state index contributed by atoms with van der Waals surface area (Å²) in [6.45, 7) is -2.95. The number of fused-ring (bicyclic) bond motifs is 3. The van der Waals surface area contributed by atoms with Crippen LogP contribution in [0.1, 0.15) is 28.4 Å². The molecule has 1 amide bonds. The second-order valence-corrected chi connectivity index (χ2v) is 10.3. The first-order valence-corrected chi connectivity index (χ1v) is 13.2. The van der Waals surface area contributed by atoms with Crippen LogP contribution in [0.2, 0.25) is 0 Å². The highest BCUT2D eigenvalue weighted by Gasteiger charge is 2.32. The number of aromatic nitrogens is 2. The zero-order chi connectivity index (χ0) is 25.5. The van der Waals surface area contributed by atoms with Crippen LogP contribution in [0.25, 0.3) is 16.3 Å². The number of furan rings is 1. The van der Waals surface area contributed by atoms with Gasteiger partial charge < -0.3 is 14.1 Å². The number of ether oxygens (including phenoxy) is 1. The highest BCUT2D eigenvalue weighted by molar-refractivity contribution is 8.13. The van der Waals surface area contributed by atoms with Gasteiger partial charge in [0.2, 0.25) is 0 Å². The number of hydrogen-bond acceptors (Lipinski definition) is 8. The molecule has 0 bridgehead atoms. The van der Waals surface area contributed by atoms with Gasteiger partial charge in [0.05, 0.1) is 23.1 Å². The SMILES string of the molecule is O=C1/C(=C/c2ccco2)N=C(SCc2nc3sc4c(c3c(=O)[nH]2)CCC4)N1c1ccc(OC(F)F)cc1. The maximum absolute atomic E-state index is 13.3. The largest absolute Gasteiger partial charge is 0.465 e. The molecule has 6 rings (SSSR count). The summed E-state index contributed by atoms with van der Waals surface area (Å²) < 4.78 is 34.8. The molecule has 0 fully saturated rings. The highest BCUT2D eigenvalue weighted by Crippen LogP contribution is 2.35. The van der Waals surface area contributed by atoms with E-state index in [0.29, 0.717) is 27.8 Å². The van der Waals surface area contributed by atoms with Crippen molar-refractivity contribution < 1.29 is 22.7 Å². The fourth-order valence-electron chi connectivity index (χ4n) is 4.35. The van der Waals surface area contributed by atoms with Crippen LogP contribution in [0.3, 0.4) is 0 Å². The van der Waals surface area contributed by atoms with Crippen molar-refractivity contribution >= 4 is 56.2 Å². The van der Waals surface area contributed by atoms with E-state index < -0.39 is 12.5 Å². The minimum Gasteiger partial charge on any atom is -0.465 e. The van der Waals surface area contributed by atoms with Crippen LogP contribution in [-0.2, 0) is 23.4 Å². The first-order valence-electron chi connectivity index (χ1n) is 11.4. The summed E-state index contributed by atoms with van der Waals surface area (Å²) in [6.07, 6.45) is 5.94. The maximum Gasteiger partial charge on any atom is 0.387 e. The number of aromatic amines is 1. The number of carbonyl (C=O) groups is 1. The molecule has 12 heteroatoms. The Labute approximate surface area is 216 Å². The summed E-state index contributed by atoms with van der Waals surface area (Å²) in [7, 11) is 0. The Hall–Kier alpha value is -3.77. The highest BCUT2D eigenvalue weighted by atomic mass is 32.2. The molecule has 1 aromatic carbocycles. The number of nitrogens with one attached hydrogen (secondary N) is 1. The molecule has 8 nitrogen and oxygen atoms in total. The summed E-state index contributed by atoms with van der Waals surface area (Å²) in [6, 6.07) is 9.11. The zero-order valence-electron chi connectivity index (χ0n) is 19.1. The van der Waals surface area contributed by atoms with Crippen LogP contribution in [-0.4, -0.2) is 27.7 Å². The quantitative estimate of drug-likeness (QED) is 0.331. The molecule has 1 aliphatic carbocycles. The van der Waals surface area contributed by atoms with E-state index in [1.807, 2.05) is 0 Å². The van der Waals surface area contributed by atoms with E-state index in [2.05, 4.69) is 19.7 Å². The second kappa shape index (κ2) is 9.60. The summed E-state index contributed by atoms with van der Waals surface area (Å²) in [5.74, 6) is 0.758. The van der Waals surface area contributed by atoms with Crippen LogP contribution in [0, 0.1) is 0 Å². The third-order valence-corrected chi connectivity index (χ3v) is 8.07. The van der Waals surface area contributed by atoms with Gasteiger partial charge in [0.15, 0.2) is 5.17 Å². The van der Waals surface area contributed by atoms with E-state index in [0.717, 1.165) is 29.7 Å². The number of anilines is 1. The van der Waals surface area contributed by atoms with Crippen LogP contribution in [0.4, 0.5) is 14.5 Å². The van der Waals surface area contributed by atoms with Gasteiger partial charge in [0.25, 0.3) is 11.5 Å². The number of thiophene rings is 1. The Bertz CT molecular complexity index is 1610. The first-order chi connectivity index (χ1) is 18.0. The lowest BCUT2D eigenvalue weighted by Gasteiger charge is -2.18. The monoisotopic (exact) mass is 540 g/mol. The molecular weight excluding hydrogens is 522 g/mol. The summed E-state index contributed by atoms with van der Waals surface area (Å²) in [4.78, 5) is 41.5. The van der Waals surface area contributed by atoms with Crippen LogP contribution >= 0.6 is 23.1 Å². The van der Waals surface area contributed by atoms with E-state index in [-0.39, 0.29) is 22.8 Å².